The van der Waals surface area contributed by atoms with Crippen LogP contribution in [-0.4, -0.2) is 22.5 Å². The second kappa shape index (κ2) is 5.31. The molecule has 1 aromatic heterocycles. The molecule has 1 aliphatic rings. The minimum absolute atomic E-state index is 0.00759. The van der Waals surface area contributed by atoms with E-state index < -0.39 is 0 Å². The summed E-state index contributed by atoms with van der Waals surface area (Å²) in [4.78, 5) is 14.6. The van der Waals surface area contributed by atoms with E-state index in [1.54, 1.807) is 26.0 Å². The molecule has 21 heavy (non-hydrogen) atoms. The number of hydrogen-bond acceptors (Lipinski definition) is 3. The Labute approximate surface area is 122 Å². The summed E-state index contributed by atoms with van der Waals surface area (Å²) in [6, 6.07) is 6.36. The van der Waals surface area contributed by atoms with Gasteiger partial charge in [-0.05, 0) is 44.4 Å². The number of nitrogens with zero attached hydrogens (tertiary/aromatic N) is 2. The van der Waals surface area contributed by atoms with Crippen molar-refractivity contribution in [2.24, 2.45) is 0 Å². The molecule has 2 aromatic rings. The highest BCUT2D eigenvalue weighted by Crippen LogP contribution is 2.34. The van der Waals surface area contributed by atoms with Gasteiger partial charge in [0.15, 0.2) is 0 Å². The van der Waals surface area contributed by atoms with E-state index in [1.165, 1.54) is 12.1 Å². The number of amides is 1. The Balaban J connectivity index is 1.90. The molecule has 0 spiro atoms. The molecule has 0 saturated carbocycles. The Morgan fingerprint density at radius 1 is 1.33 bits per heavy atom. The third-order valence-electron chi connectivity index (χ3n) is 4.02. The Kier molecular flexibility index (Phi) is 3.49. The fourth-order valence-corrected chi connectivity index (χ4v) is 2.97. The average Bonchev–Trinajstić information content (AvgIpc) is 3.07. The van der Waals surface area contributed by atoms with Crippen LogP contribution in [0.3, 0.4) is 0 Å². The van der Waals surface area contributed by atoms with E-state index in [0.717, 1.165) is 18.4 Å². The summed E-state index contributed by atoms with van der Waals surface area (Å²) in [6.45, 7) is 4.22. The van der Waals surface area contributed by atoms with Crippen LogP contribution in [0.5, 0.6) is 0 Å². The van der Waals surface area contributed by atoms with Crippen LogP contribution in [0.25, 0.3) is 0 Å². The predicted molar refractivity (Wildman–Crippen MR) is 75.4 cm³/mol. The number of benzene rings is 1. The van der Waals surface area contributed by atoms with E-state index in [0.29, 0.717) is 23.6 Å². The highest BCUT2D eigenvalue weighted by atomic mass is 19.1. The van der Waals surface area contributed by atoms with E-state index in [-0.39, 0.29) is 17.8 Å². The quantitative estimate of drug-likeness (QED) is 0.850. The molecule has 2 heterocycles. The number of aryl methyl sites for hydroxylation is 2. The molecular weight excluding hydrogens is 271 g/mol. The normalized spacial score (nSPS) is 18.2. The van der Waals surface area contributed by atoms with Gasteiger partial charge in [0, 0.05) is 6.54 Å². The number of carbonyl (C=O) groups excluding carboxylic acids is 1. The molecule has 1 atom stereocenters. The van der Waals surface area contributed by atoms with Crippen LogP contribution in [0.15, 0.2) is 28.8 Å². The monoisotopic (exact) mass is 288 g/mol. The van der Waals surface area contributed by atoms with Gasteiger partial charge in [0.05, 0.1) is 11.7 Å². The Morgan fingerprint density at radius 3 is 2.67 bits per heavy atom. The number of aromatic nitrogens is 1. The lowest BCUT2D eigenvalue weighted by molar-refractivity contribution is 0.0733. The molecule has 0 N–H and O–H groups in total. The first-order valence-electron chi connectivity index (χ1n) is 7.07. The zero-order valence-electron chi connectivity index (χ0n) is 12.1. The summed E-state index contributed by atoms with van der Waals surface area (Å²) >= 11 is 0. The van der Waals surface area contributed by atoms with Crippen molar-refractivity contribution in [2.75, 3.05) is 6.54 Å². The van der Waals surface area contributed by atoms with Crippen LogP contribution < -0.4 is 0 Å². The molecule has 110 valence electrons. The van der Waals surface area contributed by atoms with Gasteiger partial charge in [-0.3, -0.25) is 4.79 Å². The first-order valence-corrected chi connectivity index (χ1v) is 7.07. The van der Waals surface area contributed by atoms with Gasteiger partial charge in [0.25, 0.3) is 5.91 Å². The van der Waals surface area contributed by atoms with Crippen LogP contribution in [0.2, 0.25) is 0 Å². The molecular formula is C16H17FN2O2. The van der Waals surface area contributed by atoms with Crippen molar-refractivity contribution in [1.29, 1.82) is 0 Å². The molecule has 4 nitrogen and oxygen atoms in total. The summed E-state index contributed by atoms with van der Waals surface area (Å²) in [5.74, 6) is 0.223. The van der Waals surface area contributed by atoms with E-state index in [9.17, 15) is 9.18 Å². The maximum atomic E-state index is 13.1. The molecule has 0 bridgehead atoms. The minimum Gasteiger partial charge on any atom is -0.361 e. The largest absolute Gasteiger partial charge is 0.361 e. The van der Waals surface area contributed by atoms with Crippen molar-refractivity contribution in [3.63, 3.8) is 0 Å². The maximum Gasteiger partial charge on any atom is 0.259 e. The number of halogens is 1. The molecule has 1 aromatic carbocycles. The van der Waals surface area contributed by atoms with Gasteiger partial charge in [-0.15, -0.1) is 0 Å². The Bertz CT molecular complexity index is 644. The Hall–Kier alpha value is -2.17. The van der Waals surface area contributed by atoms with Gasteiger partial charge in [-0.1, -0.05) is 17.3 Å². The molecule has 1 aliphatic heterocycles. The summed E-state index contributed by atoms with van der Waals surface area (Å²) in [6.07, 6.45) is 1.83. The van der Waals surface area contributed by atoms with Crippen LogP contribution in [-0.2, 0) is 0 Å². The van der Waals surface area contributed by atoms with E-state index >= 15 is 0 Å². The molecule has 1 unspecified atom stereocenters. The highest BCUT2D eigenvalue weighted by Gasteiger charge is 2.33. The van der Waals surface area contributed by atoms with Crippen molar-refractivity contribution in [3.8, 4) is 0 Å². The van der Waals surface area contributed by atoms with E-state index in [2.05, 4.69) is 5.16 Å². The van der Waals surface area contributed by atoms with Gasteiger partial charge < -0.3 is 9.42 Å². The van der Waals surface area contributed by atoms with E-state index in [1.807, 2.05) is 4.90 Å². The highest BCUT2D eigenvalue weighted by molar-refractivity contribution is 5.96. The lowest BCUT2D eigenvalue weighted by Gasteiger charge is -2.25. The summed E-state index contributed by atoms with van der Waals surface area (Å²) in [5, 5.41) is 3.85. The van der Waals surface area contributed by atoms with Gasteiger partial charge in [0.2, 0.25) is 0 Å². The molecule has 5 heteroatoms. The lowest BCUT2D eigenvalue weighted by Crippen LogP contribution is -2.31. The third-order valence-corrected chi connectivity index (χ3v) is 4.02. The second-order valence-electron chi connectivity index (χ2n) is 5.41. The fourth-order valence-electron chi connectivity index (χ4n) is 2.97. The molecule has 1 amide bonds. The summed E-state index contributed by atoms with van der Waals surface area (Å²) in [7, 11) is 0. The van der Waals surface area contributed by atoms with Crippen LogP contribution >= 0.6 is 0 Å². The number of likely N-dealkylation sites (tertiary alicyclic amines) is 1. The molecule has 0 radical (unpaired) electrons. The van der Waals surface area contributed by atoms with Crippen LogP contribution in [0.4, 0.5) is 4.39 Å². The molecule has 0 aliphatic carbocycles. The SMILES string of the molecule is Cc1noc(C)c1C(=O)N1CCCC1c1ccc(F)cc1. The number of carbonyl (C=O) groups is 1. The molecule has 1 fully saturated rings. The smallest absolute Gasteiger partial charge is 0.259 e. The predicted octanol–water partition coefficient (Wildman–Crippen LogP) is 3.41. The fraction of sp³-hybridized carbons (Fsp3) is 0.375. The first-order chi connectivity index (χ1) is 10.1. The van der Waals surface area contributed by atoms with Crippen molar-refractivity contribution in [2.45, 2.75) is 32.7 Å². The Morgan fingerprint density at radius 2 is 2.05 bits per heavy atom. The van der Waals surface area contributed by atoms with E-state index in [4.69, 9.17) is 4.52 Å². The van der Waals surface area contributed by atoms with Crippen LogP contribution in [0.1, 0.15) is 46.3 Å². The zero-order chi connectivity index (χ0) is 15.0. The van der Waals surface area contributed by atoms with Gasteiger partial charge >= 0.3 is 0 Å². The number of hydrogen-bond donors (Lipinski definition) is 0. The third kappa shape index (κ3) is 2.44. The van der Waals surface area contributed by atoms with Gasteiger partial charge in [-0.25, -0.2) is 4.39 Å². The van der Waals surface area contributed by atoms with Crippen molar-refractivity contribution < 1.29 is 13.7 Å². The van der Waals surface area contributed by atoms with Gasteiger partial charge in [0.1, 0.15) is 17.1 Å². The maximum absolute atomic E-state index is 13.1. The number of rotatable bonds is 2. The minimum atomic E-state index is -0.264. The summed E-state index contributed by atoms with van der Waals surface area (Å²) < 4.78 is 18.1. The van der Waals surface area contributed by atoms with Crippen molar-refractivity contribution in [1.82, 2.24) is 10.1 Å². The lowest BCUT2D eigenvalue weighted by atomic mass is 10.0. The van der Waals surface area contributed by atoms with Crippen molar-refractivity contribution in [3.05, 3.63) is 52.7 Å². The second-order valence-corrected chi connectivity index (χ2v) is 5.41. The average molecular weight is 288 g/mol. The topological polar surface area (TPSA) is 46.3 Å². The van der Waals surface area contributed by atoms with Crippen molar-refractivity contribution >= 4 is 5.91 Å². The zero-order valence-corrected chi connectivity index (χ0v) is 12.1. The van der Waals surface area contributed by atoms with Gasteiger partial charge in [-0.2, -0.15) is 0 Å². The molecule has 3 rings (SSSR count). The first kappa shape index (κ1) is 13.8. The standard InChI is InChI=1S/C16H17FN2O2/c1-10-15(11(2)21-18-10)16(20)19-9-3-4-14(19)12-5-7-13(17)8-6-12/h5-8,14H,3-4,9H2,1-2H3. The molecule has 1 saturated heterocycles. The van der Waals surface area contributed by atoms with Crippen LogP contribution in [0, 0.1) is 19.7 Å². The summed E-state index contributed by atoms with van der Waals surface area (Å²) in [5.41, 5.74) is 2.13.